The minimum atomic E-state index is 0.117. The molecule has 0 bridgehead atoms. The number of amides is 1. The van der Waals surface area contributed by atoms with Crippen molar-refractivity contribution in [2.24, 2.45) is 0 Å². The van der Waals surface area contributed by atoms with Crippen molar-refractivity contribution in [3.63, 3.8) is 0 Å². The summed E-state index contributed by atoms with van der Waals surface area (Å²) in [4.78, 5) is 14.9. The number of likely N-dealkylation sites (tertiary alicyclic amines) is 1. The molecule has 0 saturated carbocycles. The topological polar surface area (TPSA) is 32.3 Å². The van der Waals surface area contributed by atoms with E-state index in [1.807, 2.05) is 18.2 Å². The van der Waals surface area contributed by atoms with Gasteiger partial charge in [-0.25, -0.2) is 0 Å². The predicted molar refractivity (Wildman–Crippen MR) is 106 cm³/mol. The molecule has 0 spiro atoms. The molecular formula is C23H24N2O. The minimum Gasteiger partial charge on any atom is -0.352 e. The van der Waals surface area contributed by atoms with Crippen LogP contribution in [0, 0.1) is 0 Å². The van der Waals surface area contributed by atoms with Crippen molar-refractivity contribution in [1.82, 2.24) is 10.2 Å². The maximum Gasteiger partial charge on any atom is 0.224 e. The third-order valence-corrected chi connectivity index (χ3v) is 5.07. The largest absolute Gasteiger partial charge is 0.352 e. The second-order valence-electron chi connectivity index (χ2n) is 7.13. The first-order valence-corrected chi connectivity index (χ1v) is 9.29. The van der Waals surface area contributed by atoms with Crippen LogP contribution in [0.2, 0.25) is 0 Å². The second-order valence-corrected chi connectivity index (χ2v) is 7.13. The summed E-state index contributed by atoms with van der Waals surface area (Å²) in [5.74, 6) is 0.117. The number of fused-ring (bicyclic) bond motifs is 1. The van der Waals surface area contributed by atoms with Crippen LogP contribution in [0.15, 0.2) is 72.8 Å². The van der Waals surface area contributed by atoms with Gasteiger partial charge in [-0.2, -0.15) is 0 Å². The Labute approximate surface area is 154 Å². The lowest BCUT2D eigenvalue weighted by Crippen LogP contribution is -2.37. The van der Waals surface area contributed by atoms with Crippen LogP contribution in [0.25, 0.3) is 10.8 Å². The Kier molecular flexibility index (Phi) is 4.98. The van der Waals surface area contributed by atoms with Gasteiger partial charge in [0.25, 0.3) is 0 Å². The standard InChI is InChI=1S/C23H24N2O/c26-23(15-19-10-11-20-8-4-5-9-21(20)14-19)24-22-12-13-25(17-22)16-18-6-2-1-3-7-18/h1-11,14,22H,12-13,15-17H2,(H,24,26). The molecule has 1 N–H and O–H groups in total. The van der Waals surface area contributed by atoms with Crippen molar-refractivity contribution >= 4 is 16.7 Å². The fourth-order valence-electron chi connectivity index (χ4n) is 3.75. The summed E-state index contributed by atoms with van der Waals surface area (Å²) in [6.45, 7) is 2.92. The van der Waals surface area contributed by atoms with Crippen LogP contribution in [0.1, 0.15) is 17.5 Å². The fraction of sp³-hybridized carbons (Fsp3) is 0.261. The van der Waals surface area contributed by atoms with E-state index in [2.05, 4.69) is 64.8 Å². The highest BCUT2D eigenvalue weighted by Crippen LogP contribution is 2.17. The number of benzene rings is 3. The van der Waals surface area contributed by atoms with E-state index in [9.17, 15) is 4.79 Å². The van der Waals surface area contributed by atoms with Crippen LogP contribution in [-0.2, 0) is 17.8 Å². The molecule has 0 aliphatic carbocycles. The molecule has 3 heteroatoms. The van der Waals surface area contributed by atoms with Gasteiger partial charge < -0.3 is 5.32 Å². The van der Waals surface area contributed by atoms with E-state index in [4.69, 9.17) is 0 Å². The number of rotatable bonds is 5. The first-order chi connectivity index (χ1) is 12.8. The molecule has 1 aliphatic rings. The first kappa shape index (κ1) is 16.8. The van der Waals surface area contributed by atoms with Gasteiger partial charge in [0.1, 0.15) is 0 Å². The van der Waals surface area contributed by atoms with Gasteiger partial charge in [0, 0.05) is 25.7 Å². The lowest BCUT2D eigenvalue weighted by Gasteiger charge is -2.17. The van der Waals surface area contributed by atoms with Crippen LogP contribution < -0.4 is 5.32 Å². The summed E-state index contributed by atoms with van der Waals surface area (Å²) in [5.41, 5.74) is 2.40. The summed E-state index contributed by atoms with van der Waals surface area (Å²) in [6.07, 6.45) is 1.47. The molecule has 1 fully saturated rings. The highest BCUT2D eigenvalue weighted by atomic mass is 16.1. The molecule has 1 atom stereocenters. The summed E-state index contributed by atoms with van der Waals surface area (Å²) in [6, 6.07) is 25.3. The van der Waals surface area contributed by atoms with Crippen LogP contribution in [0.4, 0.5) is 0 Å². The van der Waals surface area contributed by atoms with Crippen LogP contribution in [0.3, 0.4) is 0 Å². The lowest BCUT2D eigenvalue weighted by molar-refractivity contribution is -0.121. The average molecular weight is 344 g/mol. The Morgan fingerprint density at radius 3 is 2.54 bits per heavy atom. The van der Waals surface area contributed by atoms with Crippen LogP contribution in [0.5, 0.6) is 0 Å². The van der Waals surface area contributed by atoms with Crippen LogP contribution >= 0.6 is 0 Å². The average Bonchev–Trinajstić information content (AvgIpc) is 3.09. The molecule has 3 nitrogen and oxygen atoms in total. The zero-order chi connectivity index (χ0) is 17.8. The maximum atomic E-state index is 12.4. The maximum absolute atomic E-state index is 12.4. The number of carbonyl (C=O) groups is 1. The predicted octanol–water partition coefficient (Wildman–Crippen LogP) is 3.77. The van der Waals surface area contributed by atoms with Gasteiger partial charge in [-0.15, -0.1) is 0 Å². The molecule has 1 unspecified atom stereocenters. The Morgan fingerprint density at radius 2 is 1.69 bits per heavy atom. The van der Waals surface area contributed by atoms with Gasteiger partial charge in [0.15, 0.2) is 0 Å². The third-order valence-electron chi connectivity index (χ3n) is 5.07. The summed E-state index contributed by atoms with van der Waals surface area (Å²) >= 11 is 0. The monoisotopic (exact) mass is 344 g/mol. The normalized spacial score (nSPS) is 17.5. The molecule has 3 aromatic carbocycles. The van der Waals surface area contributed by atoms with E-state index in [0.29, 0.717) is 6.42 Å². The number of nitrogens with zero attached hydrogens (tertiary/aromatic N) is 1. The lowest BCUT2D eigenvalue weighted by atomic mass is 10.0. The molecule has 1 saturated heterocycles. The Hall–Kier alpha value is -2.65. The van der Waals surface area contributed by atoms with E-state index in [1.165, 1.54) is 16.3 Å². The van der Waals surface area contributed by atoms with Gasteiger partial charge in [-0.05, 0) is 28.3 Å². The Morgan fingerprint density at radius 1 is 0.923 bits per heavy atom. The molecule has 4 rings (SSSR count). The highest BCUT2D eigenvalue weighted by molar-refractivity contribution is 5.85. The van der Waals surface area contributed by atoms with Gasteiger partial charge >= 0.3 is 0 Å². The second kappa shape index (κ2) is 7.71. The molecule has 26 heavy (non-hydrogen) atoms. The zero-order valence-electron chi connectivity index (χ0n) is 14.9. The summed E-state index contributed by atoms with van der Waals surface area (Å²) < 4.78 is 0. The van der Waals surface area contributed by atoms with E-state index >= 15 is 0 Å². The van der Waals surface area contributed by atoms with Crippen LogP contribution in [-0.4, -0.2) is 29.9 Å². The SMILES string of the molecule is O=C(Cc1ccc2ccccc2c1)NC1CCN(Cc2ccccc2)C1. The molecule has 1 heterocycles. The first-order valence-electron chi connectivity index (χ1n) is 9.29. The van der Waals surface area contributed by atoms with Crippen molar-refractivity contribution < 1.29 is 4.79 Å². The van der Waals surface area contributed by atoms with Crippen molar-refractivity contribution in [2.45, 2.75) is 25.4 Å². The third kappa shape index (κ3) is 4.12. The Balaban J connectivity index is 1.30. The zero-order valence-corrected chi connectivity index (χ0v) is 14.9. The van der Waals surface area contributed by atoms with E-state index in [-0.39, 0.29) is 11.9 Å². The highest BCUT2D eigenvalue weighted by Gasteiger charge is 2.23. The van der Waals surface area contributed by atoms with Gasteiger partial charge in [0.2, 0.25) is 5.91 Å². The van der Waals surface area contributed by atoms with Crippen molar-refractivity contribution in [3.8, 4) is 0 Å². The smallest absolute Gasteiger partial charge is 0.224 e. The Bertz CT molecular complexity index is 891. The number of carbonyl (C=O) groups excluding carboxylic acids is 1. The number of hydrogen-bond acceptors (Lipinski definition) is 2. The summed E-state index contributed by atoms with van der Waals surface area (Å²) in [7, 11) is 0. The molecular weight excluding hydrogens is 320 g/mol. The van der Waals surface area contributed by atoms with E-state index in [1.54, 1.807) is 0 Å². The molecule has 0 radical (unpaired) electrons. The van der Waals surface area contributed by atoms with Crippen molar-refractivity contribution in [1.29, 1.82) is 0 Å². The minimum absolute atomic E-state index is 0.117. The van der Waals surface area contributed by atoms with Gasteiger partial charge in [-0.3, -0.25) is 9.69 Å². The van der Waals surface area contributed by atoms with Gasteiger partial charge in [0.05, 0.1) is 6.42 Å². The fourth-order valence-corrected chi connectivity index (χ4v) is 3.75. The summed E-state index contributed by atoms with van der Waals surface area (Å²) in [5, 5.41) is 5.61. The number of hydrogen-bond donors (Lipinski definition) is 1. The molecule has 132 valence electrons. The molecule has 3 aromatic rings. The van der Waals surface area contributed by atoms with E-state index < -0.39 is 0 Å². The van der Waals surface area contributed by atoms with Crippen molar-refractivity contribution in [2.75, 3.05) is 13.1 Å². The molecule has 1 aliphatic heterocycles. The van der Waals surface area contributed by atoms with Gasteiger partial charge in [-0.1, -0.05) is 72.8 Å². The van der Waals surface area contributed by atoms with Crippen molar-refractivity contribution in [3.05, 3.63) is 83.9 Å². The molecule has 0 aromatic heterocycles. The molecule has 1 amide bonds. The number of nitrogens with one attached hydrogen (secondary N) is 1. The quantitative estimate of drug-likeness (QED) is 0.764. The van der Waals surface area contributed by atoms with E-state index in [0.717, 1.165) is 31.6 Å².